The molecule has 180 valence electrons. The molecule has 3 N–H and O–H groups in total. The summed E-state index contributed by atoms with van der Waals surface area (Å²) in [5.74, 6) is -1.51. The lowest BCUT2D eigenvalue weighted by atomic mass is 9.93. The molecule has 2 aliphatic carbocycles. The van der Waals surface area contributed by atoms with Gasteiger partial charge in [-0.15, -0.1) is 0 Å². The molecule has 1 saturated carbocycles. The second-order valence-corrected chi connectivity index (χ2v) is 8.98. The maximum Gasteiger partial charge on any atom is 0.407 e. The Morgan fingerprint density at radius 2 is 1.62 bits per heavy atom. The summed E-state index contributed by atoms with van der Waals surface area (Å²) in [5, 5.41) is 14.6. The molecule has 0 bridgehead atoms. The van der Waals surface area contributed by atoms with Crippen molar-refractivity contribution in [2.75, 3.05) is 20.3 Å². The lowest BCUT2D eigenvalue weighted by Crippen LogP contribution is -2.50. The van der Waals surface area contributed by atoms with Crippen molar-refractivity contribution in [3.05, 3.63) is 59.7 Å². The number of rotatable bonds is 9. The van der Waals surface area contributed by atoms with Gasteiger partial charge in [-0.25, -0.2) is 9.59 Å². The van der Waals surface area contributed by atoms with E-state index >= 15 is 0 Å². The molecule has 2 aromatic carbocycles. The number of hydrogen-bond donors (Lipinski definition) is 3. The van der Waals surface area contributed by atoms with Gasteiger partial charge >= 0.3 is 12.1 Å². The van der Waals surface area contributed by atoms with Crippen molar-refractivity contribution in [1.82, 2.24) is 10.6 Å². The van der Waals surface area contributed by atoms with Crippen molar-refractivity contribution in [3.8, 4) is 11.1 Å². The van der Waals surface area contributed by atoms with E-state index in [9.17, 15) is 14.4 Å². The summed E-state index contributed by atoms with van der Waals surface area (Å²) in [6.07, 6.45) is 1.52. The maximum atomic E-state index is 12.8. The minimum atomic E-state index is -1.14. The number of nitrogens with one attached hydrogen (secondary N) is 2. The number of amides is 2. The normalized spacial score (nSPS) is 16.9. The zero-order valence-corrected chi connectivity index (χ0v) is 19.2. The van der Waals surface area contributed by atoms with Gasteiger partial charge < -0.3 is 25.2 Å². The number of fused-ring (bicyclic) bond motifs is 3. The second kappa shape index (κ2) is 10.3. The van der Waals surface area contributed by atoms with E-state index < -0.39 is 23.7 Å². The summed E-state index contributed by atoms with van der Waals surface area (Å²) in [6, 6.07) is 16.3. The minimum Gasteiger partial charge on any atom is -0.479 e. The van der Waals surface area contributed by atoms with E-state index in [1.165, 1.54) is 7.11 Å². The first-order valence-electron chi connectivity index (χ1n) is 11.6. The van der Waals surface area contributed by atoms with Crippen LogP contribution in [0.1, 0.15) is 49.1 Å². The first-order valence-corrected chi connectivity index (χ1v) is 11.6. The average molecular weight is 467 g/mol. The summed E-state index contributed by atoms with van der Waals surface area (Å²) in [6.45, 7) is 0.0714. The highest BCUT2D eigenvalue weighted by Crippen LogP contribution is 2.44. The average Bonchev–Trinajstić information content (AvgIpc) is 3.40. The fourth-order valence-electron chi connectivity index (χ4n) is 5.10. The number of carbonyl (C=O) groups excluding carboxylic acids is 2. The zero-order chi connectivity index (χ0) is 24.1. The Balaban J connectivity index is 1.37. The molecule has 1 atom stereocenters. The fourth-order valence-corrected chi connectivity index (χ4v) is 5.10. The summed E-state index contributed by atoms with van der Waals surface area (Å²) < 4.78 is 10.5. The highest BCUT2D eigenvalue weighted by molar-refractivity contribution is 5.81. The van der Waals surface area contributed by atoms with Crippen LogP contribution in [0.4, 0.5) is 4.79 Å². The molecule has 2 amide bonds. The monoisotopic (exact) mass is 466 g/mol. The molecule has 2 aromatic rings. The van der Waals surface area contributed by atoms with Crippen molar-refractivity contribution in [3.63, 3.8) is 0 Å². The van der Waals surface area contributed by atoms with Crippen molar-refractivity contribution < 1.29 is 29.0 Å². The number of alkyl carbamates (subject to hydrolysis) is 1. The van der Waals surface area contributed by atoms with Crippen molar-refractivity contribution >= 4 is 18.0 Å². The van der Waals surface area contributed by atoms with Gasteiger partial charge in [0.05, 0.1) is 12.1 Å². The number of carbonyl (C=O) groups is 3. The molecule has 0 saturated heterocycles. The van der Waals surface area contributed by atoms with Crippen LogP contribution in [0.25, 0.3) is 11.1 Å². The topological polar surface area (TPSA) is 114 Å². The van der Waals surface area contributed by atoms with Crippen molar-refractivity contribution in [2.24, 2.45) is 0 Å². The Labute approximate surface area is 198 Å². The Kier molecular flexibility index (Phi) is 7.17. The third kappa shape index (κ3) is 5.07. The van der Waals surface area contributed by atoms with E-state index in [1.54, 1.807) is 0 Å². The highest BCUT2D eigenvalue weighted by Gasteiger charge is 2.38. The van der Waals surface area contributed by atoms with Gasteiger partial charge in [0.2, 0.25) is 5.91 Å². The summed E-state index contributed by atoms with van der Waals surface area (Å²) in [5.41, 5.74) is 3.90. The van der Waals surface area contributed by atoms with Gasteiger partial charge in [0.1, 0.15) is 6.61 Å². The Morgan fingerprint density at radius 1 is 1.03 bits per heavy atom. The van der Waals surface area contributed by atoms with Gasteiger partial charge in [0, 0.05) is 19.4 Å². The minimum absolute atomic E-state index is 0.0389. The molecule has 0 aliphatic heterocycles. The summed E-state index contributed by atoms with van der Waals surface area (Å²) in [4.78, 5) is 36.4. The standard InChI is InChI=1S/C26H30N2O6/c1-33-22(24(30)31)15-27-23(29)14-26(12-6-7-13-26)28-25(32)34-16-21-19-10-4-2-8-17(19)18-9-3-5-11-20(18)21/h2-5,8-11,21-22H,6-7,12-16H2,1H3,(H,27,29)(H,28,32)(H,30,31). The third-order valence-corrected chi connectivity index (χ3v) is 6.82. The highest BCUT2D eigenvalue weighted by atomic mass is 16.5. The van der Waals surface area contributed by atoms with Crippen molar-refractivity contribution in [1.29, 1.82) is 0 Å². The summed E-state index contributed by atoms with van der Waals surface area (Å²) >= 11 is 0. The van der Waals surface area contributed by atoms with Crippen LogP contribution < -0.4 is 10.6 Å². The van der Waals surface area contributed by atoms with Gasteiger partial charge in [-0.05, 0) is 35.1 Å². The first-order chi connectivity index (χ1) is 16.4. The van der Waals surface area contributed by atoms with Gasteiger partial charge in [-0.2, -0.15) is 0 Å². The van der Waals surface area contributed by atoms with Gasteiger partial charge in [-0.1, -0.05) is 61.4 Å². The van der Waals surface area contributed by atoms with E-state index in [0.717, 1.165) is 35.1 Å². The lowest BCUT2D eigenvalue weighted by Gasteiger charge is -2.29. The number of ether oxygens (including phenoxy) is 2. The number of benzene rings is 2. The number of aliphatic carboxylic acids is 1. The Morgan fingerprint density at radius 3 is 2.18 bits per heavy atom. The molecule has 4 rings (SSSR count). The smallest absolute Gasteiger partial charge is 0.407 e. The summed E-state index contributed by atoms with van der Waals surface area (Å²) in [7, 11) is 1.28. The number of methoxy groups -OCH3 is 1. The molecule has 0 spiro atoms. The molecule has 1 unspecified atom stereocenters. The van der Waals surface area contributed by atoms with Crippen LogP contribution in [0.3, 0.4) is 0 Å². The maximum absolute atomic E-state index is 12.8. The predicted octanol–water partition coefficient (Wildman–Crippen LogP) is 3.44. The molecular formula is C26H30N2O6. The number of hydrogen-bond acceptors (Lipinski definition) is 5. The van der Waals surface area contributed by atoms with Crippen molar-refractivity contribution in [2.45, 2.75) is 49.7 Å². The fraction of sp³-hybridized carbons (Fsp3) is 0.423. The van der Waals surface area contributed by atoms with E-state index in [0.29, 0.717) is 12.8 Å². The molecule has 2 aliphatic rings. The molecule has 1 fully saturated rings. The number of carboxylic acids is 1. The SMILES string of the molecule is COC(CNC(=O)CC1(NC(=O)OCC2c3ccccc3-c3ccccc32)CCCC1)C(=O)O. The largest absolute Gasteiger partial charge is 0.479 e. The van der Waals surface area contributed by atoms with E-state index in [4.69, 9.17) is 14.6 Å². The zero-order valence-electron chi connectivity index (χ0n) is 19.2. The predicted molar refractivity (Wildman–Crippen MR) is 125 cm³/mol. The Bertz CT molecular complexity index is 1020. The van der Waals surface area contributed by atoms with Crippen LogP contribution in [0.2, 0.25) is 0 Å². The van der Waals surface area contributed by atoms with Crippen LogP contribution in [0.5, 0.6) is 0 Å². The van der Waals surface area contributed by atoms with Gasteiger partial charge in [0.25, 0.3) is 0 Å². The molecule has 0 radical (unpaired) electrons. The molecule has 0 aromatic heterocycles. The molecule has 0 heterocycles. The number of carboxylic acid groups (broad SMARTS) is 1. The molecule has 34 heavy (non-hydrogen) atoms. The van der Waals surface area contributed by atoms with Crippen LogP contribution in [-0.4, -0.2) is 55.0 Å². The van der Waals surface area contributed by atoms with E-state index in [-0.39, 0.29) is 31.4 Å². The van der Waals surface area contributed by atoms with Crippen LogP contribution in [0, 0.1) is 0 Å². The molecule has 8 heteroatoms. The van der Waals surface area contributed by atoms with E-state index in [2.05, 4.69) is 34.9 Å². The van der Waals surface area contributed by atoms with Crippen LogP contribution in [0.15, 0.2) is 48.5 Å². The van der Waals surface area contributed by atoms with Crippen LogP contribution in [-0.2, 0) is 19.1 Å². The van der Waals surface area contributed by atoms with Crippen LogP contribution >= 0.6 is 0 Å². The first kappa shape index (κ1) is 23.8. The third-order valence-electron chi connectivity index (χ3n) is 6.82. The lowest BCUT2D eigenvalue weighted by molar-refractivity contribution is -0.148. The quantitative estimate of drug-likeness (QED) is 0.522. The van der Waals surface area contributed by atoms with Gasteiger partial charge in [0.15, 0.2) is 6.10 Å². The Hall–Kier alpha value is -3.39. The van der Waals surface area contributed by atoms with E-state index in [1.807, 2.05) is 24.3 Å². The molecule has 8 nitrogen and oxygen atoms in total. The van der Waals surface area contributed by atoms with Gasteiger partial charge in [-0.3, -0.25) is 4.79 Å². The molecular weight excluding hydrogens is 436 g/mol. The second-order valence-electron chi connectivity index (χ2n) is 8.98.